The van der Waals surface area contributed by atoms with Crippen LogP contribution in [0.15, 0.2) is 24.3 Å². The Morgan fingerprint density at radius 2 is 2.23 bits per heavy atom. The molecule has 0 aliphatic carbocycles. The number of aromatic hydroxyl groups is 1. The number of benzene rings is 1. The summed E-state index contributed by atoms with van der Waals surface area (Å²) in [5.41, 5.74) is 1.26. The lowest BCUT2D eigenvalue weighted by atomic mass is 10.2. The van der Waals surface area contributed by atoms with Crippen molar-refractivity contribution in [3.8, 4) is 5.75 Å². The van der Waals surface area contributed by atoms with Crippen LogP contribution < -0.4 is 0 Å². The summed E-state index contributed by atoms with van der Waals surface area (Å²) in [6.07, 6.45) is -1.04. The monoisotopic (exact) mass is 179 g/mol. The van der Waals surface area contributed by atoms with Crippen molar-refractivity contribution in [1.82, 2.24) is 4.98 Å². The molecule has 0 bridgehead atoms. The first kappa shape index (κ1) is 8.10. The Hall–Kier alpha value is -1.51. The quantitative estimate of drug-likeness (QED) is 0.693. The smallest absolute Gasteiger partial charge is 0.137 e. The van der Waals surface area contributed by atoms with Crippen molar-refractivity contribution in [3.05, 3.63) is 30.0 Å². The van der Waals surface area contributed by atoms with E-state index in [9.17, 15) is 9.50 Å². The summed E-state index contributed by atoms with van der Waals surface area (Å²) < 4.78 is 12.9. The Bertz CT molecular complexity index is 433. The minimum Gasteiger partial charge on any atom is -0.507 e. The lowest BCUT2D eigenvalue weighted by molar-refractivity contribution is 0.367. The van der Waals surface area contributed by atoms with Crippen molar-refractivity contribution in [2.45, 2.75) is 13.1 Å². The molecular weight excluding hydrogens is 169 g/mol. The number of phenols is 1. The maximum absolute atomic E-state index is 12.9. The van der Waals surface area contributed by atoms with Crippen molar-refractivity contribution in [3.63, 3.8) is 0 Å². The van der Waals surface area contributed by atoms with Crippen LogP contribution in [0.5, 0.6) is 5.75 Å². The van der Waals surface area contributed by atoms with Gasteiger partial charge in [-0.05, 0) is 25.1 Å². The average molecular weight is 179 g/mol. The van der Waals surface area contributed by atoms with Gasteiger partial charge in [0, 0.05) is 10.9 Å². The Labute approximate surface area is 75.0 Å². The molecule has 68 valence electrons. The van der Waals surface area contributed by atoms with Crippen molar-refractivity contribution in [2.75, 3.05) is 0 Å². The van der Waals surface area contributed by atoms with Crippen molar-refractivity contribution >= 4 is 10.9 Å². The van der Waals surface area contributed by atoms with E-state index in [1.807, 2.05) is 0 Å². The molecule has 1 unspecified atom stereocenters. The number of alkyl halides is 1. The molecule has 1 atom stereocenters. The largest absolute Gasteiger partial charge is 0.507 e. The second kappa shape index (κ2) is 2.76. The van der Waals surface area contributed by atoms with E-state index in [0.29, 0.717) is 11.1 Å². The molecule has 0 aliphatic rings. The summed E-state index contributed by atoms with van der Waals surface area (Å²) in [6.45, 7) is 1.46. The lowest BCUT2D eigenvalue weighted by Crippen LogP contribution is -1.82. The minimum atomic E-state index is -1.04. The number of hydrogen-bond acceptors (Lipinski definition) is 1. The van der Waals surface area contributed by atoms with Crippen LogP contribution in [0.3, 0.4) is 0 Å². The molecule has 0 radical (unpaired) electrons. The van der Waals surface area contributed by atoms with Gasteiger partial charge in [-0.3, -0.25) is 0 Å². The highest BCUT2D eigenvalue weighted by molar-refractivity contribution is 5.86. The average Bonchev–Trinajstić information content (AvgIpc) is 2.49. The highest BCUT2D eigenvalue weighted by Gasteiger charge is 2.08. The number of phenolic OH excluding ortho intramolecular Hbond substituents is 1. The fraction of sp³-hybridized carbons (Fsp3) is 0.200. The maximum Gasteiger partial charge on any atom is 0.137 e. The van der Waals surface area contributed by atoms with Gasteiger partial charge in [-0.2, -0.15) is 0 Å². The normalized spacial score (nSPS) is 13.4. The molecule has 0 fully saturated rings. The molecule has 1 aromatic carbocycles. The van der Waals surface area contributed by atoms with Gasteiger partial charge in [-0.25, -0.2) is 4.39 Å². The van der Waals surface area contributed by atoms with Crippen LogP contribution in [0.1, 0.15) is 18.8 Å². The topological polar surface area (TPSA) is 36.0 Å². The molecule has 0 saturated carbocycles. The predicted octanol–water partition coefficient (Wildman–Crippen LogP) is 2.90. The molecule has 1 aromatic heterocycles. The highest BCUT2D eigenvalue weighted by Crippen LogP contribution is 2.28. The third-order valence-electron chi connectivity index (χ3n) is 2.09. The predicted molar refractivity (Wildman–Crippen MR) is 49.5 cm³/mol. The lowest BCUT2D eigenvalue weighted by Gasteiger charge is -1.93. The van der Waals surface area contributed by atoms with E-state index >= 15 is 0 Å². The molecule has 2 N–H and O–H groups in total. The third-order valence-corrected chi connectivity index (χ3v) is 2.09. The fourth-order valence-electron chi connectivity index (χ4n) is 1.38. The second-order valence-corrected chi connectivity index (χ2v) is 3.08. The molecule has 2 aromatic rings. The summed E-state index contributed by atoms with van der Waals surface area (Å²) in [7, 11) is 0. The first-order valence-electron chi connectivity index (χ1n) is 4.13. The fourth-order valence-corrected chi connectivity index (χ4v) is 1.38. The van der Waals surface area contributed by atoms with Gasteiger partial charge in [-0.1, -0.05) is 6.07 Å². The van der Waals surface area contributed by atoms with Crippen molar-refractivity contribution in [1.29, 1.82) is 0 Å². The zero-order valence-corrected chi connectivity index (χ0v) is 7.21. The number of fused-ring (bicyclic) bond motifs is 1. The van der Waals surface area contributed by atoms with E-state index in [4.69, 9.17) is 0 Å². The standard InChI is InChI=1S/C10H10FNO/c1-6(11)9-5-7-8(12-9)3-2-4-10(7)13/h2-6,12-13H,1H3. The summed E-state index contributed by atoms with van der Waals surface area (Å²) in [4.78, 5) is 2.90. The Morgan fingerprint density at radius 3 is 2.85 bits per heavy atom. The van der Waals surface area contributed by atoms with Crippen LogP contribution in [0.2, 0.25) is 0 Å². The number of nitrogens with one attached hydrogen (secondary N) is 1. The van der Waals surface area contributed by atoms with Gasteiger partial charge in [0.15, 0.2) is 0 Å². The number of H-pyrrole nitrogens is 1. The number of aromatic nitrogens is 1. The molecular formula is C10H10FNO. The number of halogens is 1. The molecule has 3 heteroatoms. The molecule has 0 spiro atoms. The van der Waals surface area contributed by atoms with E-state index in [2.05, 4.69) is 4.98 Å². The number of hydrogen-bond donors (Lipinski definition) is 2. The minimum absolute atomic E-state index is 0.181. The number of aromatic amines is 1. The molecule has 13 heavy (non-hydrogen) atoms. The van der Waals surface area contributed by atoms with Gasteiger partial charge in [-0.15, -0.1) is 0 Å². The second-order valence-electron chi connectivity index (χ2n) is 3.08. The van der Waals surface area contributed by atoms with E-state index < -0.39 is 6.17 Å². The van der Waals surface area contributed by atoms with Crippen LogP contribution in [-0.2, 0) is 0 Å². The van der Waals surface area contributed by atoms with Crippen molar-refractivity contribution < 1.29 is 9.50 Å². The van der Waals surface area contributed by atoms with Crippen LogP contribution in [0, 0.1) is 0 Å². The van der Waals surface area contributed by atoms with Gasteiger partial charge < -0.3 is 10.1 Å². The van der Waals surface area contributed by atoms with E-state index in [1.54, 1.807) is 24.3 Å². The first-order chi connectivity index (χ1) is 6.18. The summed E-state index contributed by atoms with van der Waals surface area (Å²) in [5.74, 6) is 0.181. The Balaban J connectivity index is 2.68. The SMILES string of the molecule is CC(F)c1cc2c(O)cccc2[nH]1. The van der Waals surface area contributed by atoms with E-state index in [1.165, 1.54) is 6.92 Å². The summed E-state index contributed by atoms with van der Waals surface area (Å²) in [6, 6.07) is 6.75. The Kier molecular flexibility index (Phi) is 1.72. The molecule has 2 rings (SSSR count). The third kappa shape index (κ3) is 1.26. The number of rotatable bonds is 1. The molecule has 0 amide bonds. The molecule has 2 nitrogen and oxygen atoms in total. The van der Waals surface area contributed by atoms with Gasteiger partial charge in [0.1, 0.15) is 11.9 Å². The maximum atomic E-state index is 12.9. The zero-order chi connectivity index (χ0) is 9.42. The van der Waals surface area contributed by atoms with Crippen LogP contribution in [0.25, 0.3) is 10.9 Å². The summed E-state index contributed by atoms with van der Waals surface area (Å²) in [5, 5.41) is 10.1. The van der Waals surface area contributed by atoms with E-state index in [-0.39, 0.29) is 5.75 Å². The highest BCUT2D eigenvalue weighted by atomic mass is 19.1. The zero-order valence-electron chi connectivity index (χ0n) is 7.21. The van der Waals surface area contributed by atoms with Gasteiger partial charge in [0.05, 0.1) is 5.69 Å². The van der Waals surface area contributed by atoms with Crippen molar-refractivity contribution in [2.24, 2.45) is 0 Å². The molecule has 1 heterocycles. The van der Waals surface area contributed by atoms with Gasteiger partial charge in [0.2, 0.25) is 0 Å². The first-order valence-corrected chi connectivity index (χ1v) is 4.13. The van der Waals surface area contributed by atoms with Crippen LogP contribution in [-0.4, -0.2) is 10.1 Å². The van der Waals surface area contributed by atoms with Crippen LogP contribution >= 0.6 is 0 Å². The van der Waals surface area contributed by atoms with Crippen LogP contribution in [0.4, 0.5) is 4.39 Å². The summed E-state index contributed by atoms with van der Waals surface area (Å²) >= 11 is 0. The van der Waals surface area contributed by atoms with Gasteiger partial charge in [0.25, 0.3) is 0 Å². The molecule has 0 aliphatic heterocycles. The van der Waals surface area contributed by atoms with Gasteiger partial charge >= 0.3 is 0 Å². The molecule has 0 saturated heterocycles. The Morgan fingerprint density at radius 1 is 1.46 bits per heavy atom. The van der Waals surface area contributed by atoms with E-state index in [0.717, 1.165) is 5.52 Å².